The molecule has 0 spiro atoms. The van der Waals surface area contributed by atoms with Gasteiger partial charge in [0.1, 0.15) is 6.33 Å². The first kappa shape index (κ1) is 16.0. The van der Waals surface area contributed by atoms with Crippen LogP contribution in [-0.4, -0.2) is 15.9 Å². The molecule has 0 saturated heterocycles. The molecule has 0 fully saturated rings. The SMILES string of the molecule is Cc1ccc(NC(=O)c2ccccc2-c2ncnc3ccccc23)cc1. The summed E-state index contributed by atoms with van der Waals surface area (Å²) in [7, 11) is 0. The quantitative estimate of drug-likeness (QED) is 0.580. The number of aromatic nitrogens is 2. The maximum atomic E-state index is 12.9. The van der Waals surface area contributed by atoms with Crippen LogP contribution in [0, 0.1) is 6.92 Å². The Morgan fingerprint density at radius 2 is 1.58 bits per heavy atom. The van der Waals surface area contributed by atoms with Gasteiger partial charge < -0.3 is 5.32 Å². The first-order valence-corrected chi connectivity index (χ1v) is 8.39. The molecule has 0 aliphatic rings. The molecule has 0 atom stereocenters. The summed E-state index contributed by atoms with van der Waals surface area (Å²) in [4.78, 5) is 21.6. The molecule has 1 heterocycles. The third-order valence-electron chi connectivity index (χ3n) is 4.28. The van der Waals surface area contributed by atoms with E-state index in [0.29, 0.717) is 5.56 Å². The van der Waals surface area contributed by atoms with E-state index in [1.807, 2.05) is 79.7 Å². The molecule has 0 aliphatic heterocycles. The third-order valence-corrected chi connectivity index (χ3v) is 4.28. The van der Waals surface area contributed by atoms with Crippen molar-refractivity contribution in [3.05, 3.63) is 90.3 Å². The van der Waals surface area contributed by atoms with Gasteiger partial charge in [-0.15, -0.1) is 0 Å². The van der Waals surface area contributed by atoms with Crippen LogP contribution in [0.2, 0.25) is 0 Å². The Balaban J connectivity index is 1.77. The minimum absolute atomic E-state index is 0.160. The predicted octanol–water partition coefficient (Wildman–Crippen LogP) is 4.86. The van der Waals surface area contributed by atoms with E-state index in [9.17, 15) is 4.79 Å². The number of anilines is 1. The summed E-state index contributed by atoms with van der Waals surface area (Å²) < 4.78 is 0. The Morgan fingerprint density at radius 1 is 0.846 bits per heavy atom. The molecule has 0 bridgehead atoms. The summed E-state index contributed by atoms with van der Waals surface area (Å²) >= 11 is 0. The lowest BCUT2D eigenvalue weighted by atomic mass is 10.0. The van der Waals surface area contributed by atoms with Gasteiger partial charge in [0.25, 0.3) is 5.91 Å². The van der Waals surface area contributed by atoms with E-state index in [-0.39, 0.29) is 5.91 Å². The zero-order chi connectivity index (χ0) is 17.9. The molecule has 0 aliphatic carbocycles. The number of hydrogen-bond acceptors (Lipinski definition) is 3. The number of carbonyl (C=O) groups is 1. The van der Waals surface area contributed by atoms with Crippen molar-refractivity contribution >= 4 is 22.5 Å². The lowest BCUT2D eigenvalue weighted by Gasteiger charge is -2.11. The number of rotatable bonds is 3. The largest absolute Gasteiger partial charge is 0.322 e. The van der Waals surface area contributed by atoms with Crippen LogP contribution in [-0.2, 0) is 0 Å². The van der Waals surface area contributed by atoms with Gasteiger partial charge in [0.05, 0.1) is 11.2 Å². The van der Waals surface area contributed by atoms with Gasteiger partial charge in [-0.05, 0) is 31.2 Å². The first-order chi connectivity index (χ1) is 12.7. The molecule has 1 amide bonds. The molecule has 0 unspecified atom stereocenters. The van der Waals surface area contributed by atoms with Gasteiger partial charge in [0.15, 0.2) is 0 Å². The van der Waals surface area contributed by atoms with Gasteiger partial charge in [0, 0.05) is 22.2 Å². The van der Waals surface area contributed by atoms with Gasteiger partial charge in [-0.3, -0.25) is 4.79 Å². The number of aryl methyl sites for hydroxylation is 1. The summed E-state index contributed by atoms with van der Waals surface area (Å²) in [6.45, 7) is 2.02. The van der Waals surface area contributed by atoms with Crippen LogP contribution in [0.4, 0.5) is 5.69 Å². The standard InChI is InChI=1S/C22H17N3O/c1-15-10-12-16(13-11-15)25-22(26)18-7-3-2-6-17(18)21-19-8-4-5-9-20(19)23-14-24-21/h2-14H,1H3,(H,25,26). The van der Waals surface area contributed by atoms with Crippen molar-refractivity contribution in [3.63, 3.8) is 0 Å². The molecule has 1 aromatic heterocycles. The number of benzene rings is 3. The molecule has 126 valence electrons. The molecule has 0 radical (unpaired) electrons. The lowest BCUT2D eigenvalue weighted by Crippen LogP contribution is -2.13. The minimum Gasteiger partial charge on any atom is -0.322 e. The number of nitrogens with zero attached hydrogens (tertiary/aromatic N) is 2. The number of nitrogens with one attached hydrogen (secondary N) is 1. The maximum absolute atomic E-state index is 12.9. The van der Waals surface area contributed by atoms with Gasteiger partial charge in [0.2, 0.25) is 0 Å². The molecule has 4 nitrogen and oxygen atoms in total. The number of amides is 1. The molecule has 4 aromatic rings. The summed E-state index contributed by atoms with van der Waals surface area (Å²) in [6, 6.07) is 23.0. The van der Waals surface area contributed by atoms with Crippen molar-refractivity contribution in [1.82, 2.24) is 9.97 Å². The Labute approximate surface area is 151 Å². The molecule has 3 aromatic carbocycles. The predicted molar refractivity (Wildman–Crippen MR) is 104 cm³/mol. The molecule has 26 heavy (non-hydrogen) atoms. The Bertz CT molecular complexity index is 1080. The fraction of sp³-hybridized carbons (Fsp3) is 0.0455. The Hall–Kier alpha value is -3.53. The molecular weight excluding hydrogens is 322 g/mol. The molecular formula is C22H17N3O. The number of para-hydroxylation sites is 1. The van der Waals surface area contributed by atoms with Crippen molar-refractivity contribution in [2.45, 2.75) is 6.92 Å². The van der Waals surface area contributed by atoms with Crippen LogP contribution >= 0.6 is 0 Å². The first-order valence-electron chi connectivity index (χ1n) is 8.39. The summed E-state index contributed by atoms with van der Waals surface area (Å²) in [5, 5.41) is 3.88. The smallest absolute Gasteiger partial charge is 0.256 e. The van der Waals surface area contributed by atoms with Crippen LogP contribution in [0.3, 0.4) is 0 Å². The highest BCUT2D eigenvalue weighted by molar-refractivity contribution is 6.10. The molecule has 1 N–H and O–H groups in total. The summed E-state index contributed by atoms with van der Waals surface area (Å²) in [5.74, 6) is -0.160. The van der Waals surface area contributed by atoms with Crippen LogP contribution in [0.15, 0.2) is 79.1 Å². The van der Waals surface area contributed by atoms with Crippen molar-refractivity contribution in [3.8, 4) is 11.3 Å². The van der Waals surface area contributed by atoms with Gasteiger partial charge in [-0.2, -0.15) is 0 Å². The van der Waals surface area contributed by atoms with Crippen molar-refractivity contribution in [2.75, 3.05) is 5.32 Å². The number of carbonyl (C=O) groups excluding carboxylic acids is 1. The van der Waals surface area contributed by atoms with Gasteiger partial charge in [-0.25, -0.2) is 9.97 Å². The van der Waals surface area contributed by atoms with Crippen molar-refractivity contribution < 1.29 is 4.79 Å². The van der Waals surface area contributed by atoms with E-state index in [1.54, 1.807) is 0 Å². The lowest BCUT2D eigenvalue weighted by molar-refractivity contribution is 0.102. The number of hydrogen-bond donors (Lipinski definition) is 1. The van der Waals surface area contributed by atoms with Crippen LogP contribution < -0.4 is 5.32 Å². The minimum atomic E-state index is -0.160. The van der Waals surface area contributed by atoms with E-state index >= 15 is 0 Å². The summed E-state index contributed by atoms with van der Waals surface area (Å²) in [5.41, 5.74) is 4.89. The van der Waals surface area contributed by atoms with Crippen LogP contribution in [0.5, 0.6) is 0 Å². The maximum Gasteiger partial charge on any atom is 0.256 e. The van der Waals surface area contributed by atoms with E-state index in [1.165, 1.54) is 6.33 Å². The fourth-order valence-corrected chi connectivity index (χ4v) is 2.94. The number of fused-ring (bicyclic) bond motifs is 1. The normalized spacial score (nSPS) is 10.7. The monoisotopic (exact) mass is 339 g/mol. The average Bonchev–Trinajstić information content (AvgIpc) is 2.69. The van der Waals surface area contributed by atoms with Crippen LogP contribution in [0.25, 0.3) is 22.2 Å². The second-order valence-electron chi connectivity index (χ2n) is 6.11. The zero-order valence-corrected chi connectivity index (χ0v) is 14.3. The Kier molecular flexibility index (Phi) is 4.15. The Morgan fingerprint density at radius 3 is 2.42 bits per heavy atom. The second-order valence-corrected chi connectivity index (χ2v) is 6.11. The van der Waals surface area contributed by atoms with E-state index < -0.39 is 0 Å². The average molecular weight is 339 g/mol. The second kappa shape index (κ2) is 6.76. The van der Waals surface area contributed by atoms with Crippen molar-refractivity contribution in [1.29, 1.82) is 0 Å². The van der Waals surface area contributed by atoms with Crippen molar-refractivity contribution in [2.24, 2.45) is 0 Å². The molecule has 4 heteroatoms. The van der Waals surface area contributed by atoms with E-state index in [2.05, 4.69) is 15.3 Å². The highest BCUT2D eigenvalue weighted by atomic mass is 16.1. The van der Waals surface area contributed by atoms with Crippen LogP contribution in [0.1, 0.15) is 15.9 Å². The topological polar surface area (TPSA) is 54.9 Å². The molecule has 0 saturated carbocycles. The fourth-order valence-electron chi connectivity index (χ4n) is 2.94. The molecule has 4 rings (SSSR count). The highest BCUT2D eigenvalue weighted by Gasteiger charge is 2.15. The highest BCUT2D eigenvalue weighted by Crippen LogP contribution is 2.28. The van der Waals surface area contributed by atoms with Gasteiger partial charge in [-0.1, -0.05) is 54.1 Å². The van der Waals surface area contributed by atoms with E-state index in [0.717, 1.165) is 33.4 Å². The third kappa shape index (κ3) is 3.05. The van der Waals surface area contributed by atoms with E-state index in [4.69, 9.17) is 0 Å². The zero-order valence-electron chi connectivity index (χ0n) is 14.3. The summed E-state index contributed by atoms with van der Waals surface area (Å²) in [6.07, 6.45) is 1.53. The van der Waals surface area contributed by atoms with Gasteiger partial charge >= 0.3 is 0 Å².